The average molecular weight is 455 g/mol. The third kappa shape index (κ3) is 4.84. The van der Waals surface area contributed by atoms with Crippen molar-refractivity contribution >= 4 is 22.7 Å². The Hall–Kier alpha value is -3.58. The van der Waals surface area contributed by atoms with E-state index in [-0.39, 0.29) is 5.56 Å². The van der Waals surface area contributed by atoms with Crippen molar-refractivity contribution in [2.75, 3.05) is 25.0 Å². The smallest absolute Gasteiger partial charge is 0.250 e. The van der Waals surface area contributed by atoms with E-state index >= 15 is 0 Å². The number of rotatable bonds is 7. The molecule has 0 radical (unpaired) electrons. The predicted octanol–water partition coefficient (Wildman–Crippen LogP) is 4.70. The fourth-order valence-corrected chi connectivity index (χ4v) is 4.79. The van der Waals surface area contributed by atoms with E-state index in [0.717, 1.165) is 35.2 Å². The zero-order valence-corrected chi connectivity index (χ0v) is 19.8. The van der Waals surface area contributed by atoms with Crippen molar-refractivity contribution in [1.29, 1.82) is 0 Å². The predicted molar refractivity (Wildman–Crippen MR) is 137 cm³/mol. The number of aryl methyl sites for hydroxylation is 3. The highest BCUT2D eigenvalue weighted by molar-refractivity contribution is 5.83. The molecule has 2 aromatic heterocycles. The molecule has 1 aliphatic rings. The van der Waals surface area contributed by atoms with E-state index in [2.05, 4.69) is 63.5 Å². The lowest BCUT2D eigenvalue weighted by Crippen LogP contribution is -2.24. The number of hydrogen-bond acceptors (Lipinski definition) is 6. The minimum atomic E-state index is 0.00329. The van der Waals surface area contributed by atoms with Crippen molar-refractivity contribution in [3.63, 3.8) is 0 Å². The zero-order valence-electron chi connectivity index (χ0n) is 19.8. The molecule has 1 N–H and O–H groups in total. The van der Waals surface area contributed by atoms with Crippen LogP contribution in [-0.4, -0.2) is 44.3 Å². The Balaban J connectivity index is 1.32. The summed E-state index contributed by atoms with van der Waals surface area (Å²) in [6, 6.07) is 15.8. The normalized spacial score (nSPS) is 14.1. The molecule has 1 saturated heterocycles. The van der Waals surface area contributed by atoms with Crippen molar-refractivity contribution in [2.24, 2.45) is 0 Å². The minimum Gasteiger partial charge on any atom is -0.322 e. The van der Waals surface area contributed by atoms with Gasteiger partial charge >= 0.3 is 0 Å². The third-order valence-corrected chi connectivity index (χ3v) is 6.54. The van der Waals surface area contributed by atoms with Gasteiger partial charge in [0.2, 0.25) is 5.95 Å². The molecule has 0 saturated carbocycles. The SMILES string of the molecule is Cc1cccc(C)c1-c1ccc2nc(Nc3ccc(=O)n(CCCN4CCCC4)c3)nnc2c1. The Morgan fingerprint density at radius 1 is 0.912 bits per heavy atom. The lowest BCUT2D eigenvalue weighted by molar-refractivity contribution is 0.324. The van der Waals surface area contributed by atoms with Crippen LogP contribution < -0.4 is 10.9 Å². The Morgan fingerprint density at radius 2 is 1.71 bits per heavy atom. The molecule has 5 rings (SSSR count). The highest BCUT2D eigenvalue weighted by Gasteiger charge is 2.11. The van der Waals surface area contributed by atoms with E-state index < -0.39 is 0 Å². The highest BCUT2D eigenvalue weighted by Crippen LogP contribution is 2.29. The molecule has 1 aliphatic heterocycles. The van der Waals surface area contributed by atoms with Gasteiger partial charge in [0.1, 0.15) is 5.52 Å². The number of likely N-dealkylation sites (tertiary alicyclic amines) is 1. The second kappa shape index (κ2) is 9.73. The van der Waals surface area contributed by atoms with Crippen LogP contribution in [0.25, 0.3) is 22.2 Å². The molecule has 1 fully saturated rings. The lowest BCUT2D eigenvalue weighted by atomic mass is 9.95. The number of aromatic nitrogens is 4. The van der Waals surface area contributed by atoms with E-state index in [1.807, 2.05) is 18.3 Å². The second-order valence-corrected chi connectivity index (χ2v) is 9.08. The molecule has 0 bridgehead atoms. The van der Waals surface area contributed by atoms with E-state index in [4.69, 9.17) is 0 Å². The third-order valence-electron chi connectivity index (χ3n) is 6.54. The molecule has 0 spiro atoms. The van der Waals surface area contributed by atoms with Gasteiger partial charge in [0.15, 0.2) is 0 Å². The summed E-state index contributed by atoms with van der Waals surface area (Å²) in [4.78, 5) is 19.4. The van der Waals surface area contributed by atoms with Gasteiger partial charge in [-0.1, -0.05) is 24.3 Å². The first-order valence-electron chi connectivity index (χ1n) is 12.0. The maximum absolute atomic E-state index is 12.3. The maximum Gasteiger partial charge on any atom is 0.250 e. The summed E-state index contributed by atoms with van der Waals surface area (Å²) in [5, 5.41) is 11.9. The van der Waals surface area contributed by atoms with Gasteiger partial charge in [-0.25, -0.2) is 4.98 Å². The van der Waals surface area contributed by atoms with Gasteiger partial charge in [0.25, 0.3) is 5.56 Å². The molecule has 0 aliphatic carbocycles. The fraction of sp³-hybridized carbons (Fsp3) is 0.333. The average Bonchev–Trinajstić information content (AvgIpc) is 3.35. The molecule has 0 unspecified atom stereocenters. The summed E-state index contributed by atoms with van der Waals surface area (Å²) in [5.74, 6) is 0.412. The first-order valence-corrected chi connectivity index (χ1v) is 12.0. The van der Waals surface area contributed by atoms with Crippen LogP contribution in [0.2, 0.25) is 0 Å². The summed E-state index contributed by atoms with van der Waals surface area (Å²) < 4.78 is 1.75. The van der Waals surface area contributed by atoms with Crippen LogP contribution in [0.3, 0.4) is 0 Å². The van der Waals surface area contributed by atoms with Crippen LogP contribution in [0.4, 0.5) is 11.6 Å². The number of hydrogen-bond donors (Lipinski definition) is 1. The maximum atomic E-state index is 12.3. The van der Waals surface area contributed by atoms with Gasteiger partial charge in [-0.3, -0.25) is 4.79 Å². The van der Waals surface area contributed by atoms with Gasteiger partial charge in [-0.2, -0.15) is 0 Å². The van der Waals surface area contributed by atoms with Crippen molar-refractivity contribution in [3.05, 3.63) is 76.2 Å². The first kappa shape index (κ1) is 22.2. The summed E-state index contributed by atoms with van der Waals surface area (Å²) in [6.45, 7) is 8.32. The topological polar surface area (TPSA) is 75.9 Å². The molecule has 3 heterocycles. The molecule has 0 amide bonds. The first-order chi connectivity index (χ1) is 16.6. The lowest BCUT2D eigenvalue weighted by Gasteiger charge is -2.15. The van der Waals surface area contributed by atoms with Gasteiger partial charge in [0.05, 0.1) is 11.2 Å². The number of benzene rings is 2. The molecule has 174 valence electrons. The summed E-state index contributed by atoms with van der Waals surface area (Å²) in [5.41, 5.74) is 7.09. The number of nitrogens with zero attached hydrogens (tertiary/aromatic N) is 5. The monoisotopic (exact) mass is 454 g/mol. The molecule has 2 aromatic carbocycles. The number of pyridine rings is 1. The van der Waals surface area contributed by atoms with Crippen molar-refractivity contribution in [2.45, 2.75) is 39.7 Å². The number of fused-ring (bicyclic) bond motifs is 1. The van der Waals surface area contributed by atoms with Gasteiger partial charge < -0.3 is 14.8 Å². The van der Waals surface area contributed by atoms with Crippen LogP contribution in [0, 0.1) is 13.8 Å². The van der Waals surface area contributed by atoms with Crippen LogP contribution in [0.5, 0.6) is 0 Å². The Morgan fingerprint density at radius 3 is 2.50 bits per heavy atom. The van der Waals surface area contributed by atoms with E-state index in [9.17, 15) is 4.79 Å². The van der Waals surface area contributed by atoms with Gasteiger partial charge in [-0.05, 0) is 93.2 Å². The Kier molecular flexibility index (Phi) is 6.36. The van der Waals surface area contributed by atoms with Crippen LogP contribution in [-0.2, 0) is 6.54 Å². The summed E-state index contributed by atoms with van der Waals surface area (Å²) in [7, 11) is 0. The van der Waals surface area contributed by atoms with Gasteiger partial charge in [0, 0.05) is 18.8 Å². The largest absolute Gasteiger partial charge is 0.322 e. The number of anilines is 2. The number of nitrogens with one attached hydrogen (secondary N) is 1. The molecule has 7 heteroatoms. The molecule has 34 heavy (non-hydrogen) atoms. The molecular formula is C27H30N6O. The molecular weight excluding hydrogens is 424 g/mol. The standard InChI is InChI=1S/C27H30N6O/c1-19-7-5-8-20(2)26(19)21-9-11-23-24(17-21)30-31-27(29-23)28-22-10-12-25(34)33(18-22)16-6-15-32-13-3-4-14-32/h5,7-12,17-18H,3-4,6,13-16H2,1-2H3,(H,28,29,31). The Bertz CT molecular complexity index is 1350. The summed E-state index contributed by atoms with van der Waals surface area (Å²) in [6.07, 6.45) is 5.36. The van der Waals surface area contributed by atoms with E-state index in [0.29, 0.717) is 12.5 Å². The highest BCUT2D eigenvalue weighted by atomic mass is 16.1. The van der Waals surface area contributed by atoms with Crippen LogP contribution >= 0.6 is 0 Å². The summed E-state index contributed by atoms with van der Waals surface area (Å²) >= 11 is 0. The van der Waals surface area contributed by atoms with Crippen LogP contribution in [0.15, 0.2) is 59.5 Å². The fourth-order valence-electron chi connectivity index (χ4n) is 4.79. The second-order valence-electron chi connectivity index (χ2n) is 9.08. The van der Waals surface area contributed by atoms with Crippen molar-refractivity contribution in [1.82, 2.24) is 24.6 Å². The van der Waals surface area contributed by atoms with Crippen molar-refractivity contribution in [3.8, 4) is 11.1 Å². The van der Waals surface area contributed by atoms with E-state index in [1.165, 1.54) is 42.6 Å². The molecule has 4 aromatic rings. The minimum absolute atomic E-state index is 0.00329. The molecule has 0 atom stereocenters. The van der Waals surface area contributed by atoms with Gasteiger partial charge in [-0.15, -0.1) is 10.2 Å². The quantitative estimate of drug-likeness (QED) is 0.436. The zero-order chi connectivity index (χ0) is 23.5. The molecule has 7 nitrogen and oxygen atoms in total. The Labute approximate surface area is 199 Å². The van der Waals surface area contributed by atoms with Crippen LogP contribution in [0.1, 0.15) is 30.4 Å². The van der Waals surface area contributed by atoms with E-state index in [1.54, 1.807) is 16.7 Å². The van der Waals surface area contributed by atoms with Crippen molar-refractivity contribution < 1.29 is 0 Å².